The number of nitrogens with zero attached hydrogens (tertiary/aromatic N) is 2. The van der Waals surface area contributed by atoms with Crippen LogP contribution in [0.2, 0.25) is 0 Å². The van der Waals surface area contributed by atoms with E-state index in [1.807, 2.05) is 24.4 Å². The third-order valence-electron chi connectivity index (χ3n) is 4.66. The second kappa shape index (κ2) is 9.59. The molecule has 2 heterocycles. The average Bonchev–Trinajstić information content (AvgIpc) is 3.06. The predicted molar refractivity (Wildman–Crippen MR) is 102 cm³/mol. The molecule has 0 radical (unpaired) electrons. The third-order valence-corrected chi connectivity index (χ3v) is 4.66. The number of hydrogen-bond acceptors (Lipinski definition) is 3. The van der Waals surface area contributed by atoms with Crippen LogP contribution in [0.1, 0.15) is 35.6 Å². The Morgan fingerprint density at radius 3 is 2.96 bits per heavy atom. The summed E-state index contributed by atoms with van der Waals surface area (Å²) in [6.45, 7) is 5.13. The van der Waals surface area contributed by atoms with Crippen molar-refractivity contribution in [3.05, 3.63) is 53.3 Å². The minimum atomic E-state index is 0. The molecule has 1 unspecified atom stereocenters. The molecule has 1 aromatic carbocycles. The van der Waals surface area contributed by atoms with Gasteiger partial charge in [0, 0.05) is 25.2 Å². The van der Waals surface area contributed by atoms with Crippen molar-refractivity contribution < 1.29 is 4.79 Å². The first-order valence-corrected chi connectivity index (χ1v) is 8.77. The Bertz CT molecular complexity index is 680. The van der Waals surface area contributed by atoms with E-state index in [1.54, 1.807) is 4.68 Å². The number of halogens is 1. The molecule has 1 aliphatic rings. The van der Waals surface area contributed by atoms with Crippen LogP contribution >= 0.6 is 12.4 Å². The number of carbonyl (C=O) groups is 1. The highest BCUT2D eigenvalue weighted by Gasteiger charge is 2.17. The van der Waals surface area contributed by atoms with Crippen molar-refractivity contribution in [2.75, 3.05) is 19.6 Å². The minimum Gasteiger partial charge on any atom is -0.354 e. The van der Waals surface area contributed by atoms with Crippen LogP contribution in [0.3, 0.4) is 0 Å². The zero-order valence-electron chi connectivity index (χ0n) is 14.7. The Labute approximate surface area is 155 Å². The van der Waals surface area contributed by atoms with E-state index in [0.717, 1.165) is 25.2 Å². The van der Waals surface area contributed by atoms with E-state index in [0.29, 0.717) is 12.5 Å². The van der Waals surface area contributed by atoms with E-state index >= 15 is 0 Å². The van der Waals surface area contributed by atoms with Gasteiger partial charge in [-0.2, -0.15) is 5.10 Å². The maximum atomic E-state index is 12.1. The molecule has 6 heteroatoms. The van der Waals surface area contributed by atoms with Crippen molar-refractivity contribution in [3.63, 3.8) is 0 Å². The summed E-state index contributed by atoms with van der Waals surface area (Å²) in [5.74, 6) is 0.490. The predicted octanol–water partition coefficient (Wildman–Crippen LogP) is 2.44. The minimum absolute atomic E-state index is 0. The first kappa shape index (κ1) is 19.5. The van der Waals surface area contributed by atoms with Crippen molar-refractivity contribution in [2.24, 2.45) is 0 Å². The number of nitrogens with one attached hydrogen (secondary N) is 2. The second-order valence-electron chi connectivity index (χ2n) is 6.51. The lowest BCUT2D eigenvalue weighted by Gasteiger charge is -2.20. The number of benzene rings is 1. The molecule has 5 nitrogen and oxygen atoms in total. The molecule has 0 spiro atoms. The van der Waals surface area contributed by atoms with Crippen molar-refractivity contribution in [1.82, 2.24) is 20.4 Å². The van der Waals surface area contributed by atoms with Crippen LogP contribution in [0, 0.1) is 6.92 Å². The largest absolute Gasteiger partial charge is 0.354 e. The number of carbonyl (C=O) groups excluding carboxylic acids is 1. The third kappa shape index (κ3) is 5.58. The van der Waals surface area contributed by atoms with Crippen molar-refractivity contribution in [2.45, 2.75) is 38.6 Å². The van der Waals surface area contributed by atoms with Gasteiger partial charge in [-0.05, 0) is 49.9 Å². The summed E-state index contributed by atoms with van der Waals surface area (Å²) in [6.07, 6.45) is 5.13. The fraction of sp³-hybridized carbons (Fsp3) is 0.474. The molecule has 1 atom stereocenters. The Kier molecular flexibility index (Phi) is 7.47. The molecule has 0 bridgehead atoms. The second-order valence-corrected chi connectivity index (χ2v) is 6.51. The van der Waals surface area contributed by atoms with E-state index in [-0.39, 0.29) is 24.9 Å². The van der Waals surface area contributed by atoms with Gasteiger partial charge in [0.2, 0.25) is 5.91 Å². The first-order valence-electron chi connectivity index (χ1n) is 8.77. The van der Waals surface area contributed by atoms with Gasteiger partial charge in [-0.15, -0.1) is 12.4 Å². The molecule has 0 saturated carbocycles. The molecule has 1 saturated heterocycles. The molecule has 136 valence electrons. The lowest BCUT2D eigenvalue weighted by molar-refractivity contribution is -0.121. The quantitative estimate of drug-likeness (QED) is 0.829. The van der Waals surface area contributed by atoms with Gasteiger partial charge in [-0.1, -0.05) is 24.3 Å². The Hall–Kier alpha value is -1.85. The fourth-order valence-corrected chi connectivity index (χ4v) is 3.22. The SMILES string of the molecule is Cc1ccccc1CCNC(=O)Cn1ccc(C2CCCNC2)n1.Cl. The average molecular weight is 363 g/mol. The molecule has 1 aromatic heterocycles. The van der Waals surface area contributed by atoms with Crippen LogP contribution in [0.4, 0.5) is 0 Å². The Morgan fingerprint density at radius 1 is 1.36 bits per heavy atom. The Balaban J connectivity index is 0.00000225. The lowest BCUT2D eigenvalue weighted by Crippen LogP contribution is -2.30. The highest BCUT2D eigenvalue weighted by atomic mass is 35.5. The fourth-order valence-electron chi connectivity index (χ4n) is 3.22. The van der Waals surface area contributed by atoms with Gasteiger partial charge < -0.3 is 10.6 Å². The molecular weight excluding hydrogens is 336 g/mol. The zero-order valence-corrected chi connectivity index (χ0v) is 15.5. The number of piperidine rings is 1. The molecule has 3 rings (SSSR count). The number of aromatic nitrogens is 2. The van der Waals surface area contributed by atoms with Crippen LogP contribution in [0.5, 0.6) is 0 Å². The van der Waals surface area contributed by atoms with Crippen LogP contribution in [0.25, 0.3) is 0 Å². The standard InChI is InChI=1S/C19H26N4O.ClH/c1-15-5-2-3-6-16(15)8-11-21-19(24)14-23-12-9-18(22-23)17-7-4-10-20-13-17;/h2-3,5-6,9,12,17,20H,4,7-8,10-11,13-14H2,1H3,(H,21,24);1H. The summed E-state index contributed by atoms with van der Waals surface area (Å²) in [6, 6.07) is 10.3. The van der Waals surface area contributed by atoms with Crippen molar-refractivity contribution in [1.29, 1.82) is 0 Å². The monoisotopic (exact) mass is 362 g/mol. The summed E-state index contributed by atoms with van der Waals surface area (Å²) >= 11 is 0. The van der Waals surface area contributed by atoms with Crippen LogP contribution in [0.15, 0.2) is 36.5 Å². The van der Waals surface area contributed by atoms with Gasteiger partial charge in [0.05, 0.1) is 5.69 Å². The highest BCUT2D eigenvalue weighted by molar-refractivity contribution is 5.85. The van der Waals surface area contributed by atoms with Crippen molar-refractivity contribution in [3.8, 4) is 0 Å². The van der Waals surface area contributed by atoms with Crippen LogP contribution < -0.4 is 10.6 Å². The number of hydrogen-bond donors (Lipinski definition) is 2. The van der Waals surface area contributed by atoms with E-state index in [2.05, 4.69) is 34.8 Å². The van der Waals surface area contributed by atoms with Gasteiger partial charge >= 0.3 is 0 Å². The topological polar surface area (TPSA) is 59.0 Å². The van der Waals surface area contributed by atoms with Gasteiger partial charge in [0.1, 0.15) is 6.54 Å². The molecule has 1 fully saturated rings. The zero-order chi connectivity index (χ0) is 16.8. The lowest BCUT2D eigenvalue weighted by atomic mass is 9.97. The number of amides is 1. The molecule has 25 heavy (non-hydrogen) atoms. The molecular formula is C19H27ClN4O. The summed E-state index contributed by atoms with van der Waals surface area (Å²) in [5, 5.41) is 11.0. The van der Waals surface area contributed by atoms with Gasteiger partial charge in [0.25, 0.3) is 0 Å². The van der Waals surface area contributed by atoms with E-state index < -0.39 is 0 Å². The molecule has 1 aliphatic heterocycles. The van der Waals surface area contributed by atoms with Crippen molar-refractivity contribution >= 4 is 18.3 Å². The number of aryl methyl sites for hydroxylation is 1. The maximum absolute atomic E-state index is 12.1. The van der Waals surface area contributed by atoms with Gasteiger partial charge in [-0.25, -0.2) is 0 Å². The molecule has 0 aliphatic carbocycles. The normalized spacial score (nSPS) is 16.9. The Morgan fingerprint density at radius 2 is 2.20 bits per heavy atom. The maximum Gasteiger partial charge on any atom is 0.241 e. The highest BCUT2D eigenvalue weighted by Crippen LogP contribution is 2.21. The van der Waals surface area contributed by atoms with Gasteiger partial charge in [-0.3, -0.25) is 9.48 Å². The smallest absolute Gasteiger partial charge is 0.241 e. The first-order chi connectivity index (χ1) is 11.7. The van der Waals surface area contributed by atoms with E-state index in [1.165, 1.54) is 24.0 Å². The number of rotatable bonds is 6. The summed E-state index contributed by atoms with van der Waals surface area (Å²) in [7, 11) is 0. The summed E-state index contributed by atoms with van der Waals surface area (Å²) < 4.78 is 1.74. The van der Waals surface area contributed by atoms with Gasteiger partial charge in [0.15, 0.2) is 0 Å². The van der Waals surface area contributed by atoms with E-state index in [9.17, 15) is 4.79 Å². The van der Waals surface area contributed by atoms with Crippen LogP contribution in [-0.4, -0.2) is 35.3 Å². The molecule has 2 N–H and O–H groups in total. The summed E-state index contributed by atoms with van der Waals surface area (Å²) in [4.78, 5) is 12.1. The summed E-state index contributed by atoms with van der Waals surface area (Å²) in [5.41, 5.74) is 3.64. The van der Waals surface area contributed by atoms with E-state index in [4.69, 9.17) is 0 Å². The molecule has 2 aromatic rings. The molecule has 1 amide bonds. The van der Waals surface area contributed by atoms with Crippen LogP contribution in [-0.2, 0) is 17.8 Å².